The van der Waals surface area contributed by atoms with Crippen molar-refractivity contribution in [3.8, 4) is 11.5 Å². The number of hydrogen-bond donors (Lipinski definition) is 2. The Morgan fingerprint density at radius 2 is 1.89 bits per heavy atom. The molecule has 2 N–H and O–H groups in total. The van der Waals surface area contributed by atoms with Crippen LogP contribution in [0.15, 0.2) is 35.5 Å². The third kappa shape index (κ3) is 8.34. The zero-order valence-electron chi connectivity index (χ0n) is 16.3. The Labute approximate surface area is 182 Å². The molecule has 1 heterocycles. The van der Waals surface area contributed by atoms with Gasteiger partial charge >= 0.3 is 0 Å². The van der Waals surface area contributed by atoms with Crippen LogP contribution in [0.5, 0.6) is 11.5 Å². The van der Waals surface area contributed by atoms with E-state index in [9.17, 15) is 0 Å². The molecule has 1 aromatic carbocycles. The number of benzene rings is 1. The standard InChI is InChI=1S/C19H28N4O2S.HI/c1-5-17-12-21-18(26-17)13-23-19(20-6-2)22-11-14(3)25-16-9-7-15(24-4)8-10-16;/h7-10,12,14H,5-6,11,13H2,1-4H3,(H2,20,22,23);1H. The average molecular weight is 504 g/mol. The summed E-state index contributed by atoms with van der Waals surface area (Å²) in [4.78, 5) is 10.3. The molecule has 0 amide bonds. The quantitative estimate of drug-likeness (QED) is 0.309. The smallest absolute Gasteiger partial charge is 0.191 e. The van der Waals surface area contributed by atoms with Crippen molar-refractivity contribution >= 4 is 41.3 Å². The van der Waals surface area contributed by atoms with Crippen LogP contribution < -0.4 is 20.1 Å². The van der Waals surface area contributed by atoms with Crippen molar-refractivity contribution in [2.24, 2.45) is 4.99 Å². The van der Waals surface area contributed by atoms with Gasteiger partial charge in [0.05, 0.1) is 20.2 Å². The van der Waals surface area contributed by atoms with Gasteiger partial charge in [0.2, 0.25) is 0 Å². The Morgan fingerprint density at radius 1 is 1.19 bits per heavy atom. The molecule has 0 radical (unpaired) electrons. The van der Waals surface area contributed by atoms with Crippen molar-refractivity contribution in [3.05, 3.63) is 40.3 Å². The zero-order valence-corrected chi connectivity index (χ0v) is 19.5. The van der Waals surface area contributed by atoms with Crippen LogP contribution in [0, 0.1) is 0 Å². The van der Waals surface area contributed by atoms with E-state index in [1.54, 1.807) is 18.4 Å². The molecule has 0 aliphatic rings. The molecule has 2 aromatic rings. The van der Waals surface area contributed by atoms with E-state index in [1.165, 1.54) is 4.88 Å². The maximum absolute atomic E-state index is 5.91. The molecule has 1 unspecified atom stereocenters. The Bertz CT molecular complexity index is 691. The number of ether oxygens (including phenoxy) is 2. The first-order chi connectivity index (χ1) is 12.6. The number of aromatic nitrogens is 1. The lowest BCUT2D eigenvalue weighted by Gasteiger charge is -2.17. The molecule has 0 spiro atoms. The number of nitrogens with zero attached hydrogens (tertiary/aromatic N) is 2. The lowest BCUT2D eigenvalue weighted by Crippen LogP contribution is -2.41. The first-order valence-corrected chi connectivity index (χ1v) is 9.72. The normalized spacial score (nSPS) is 12.1. The van der Waals surface area contributed by atoms with E-state index in [1.807, 2.05) is 44.3 Å². The predicted molar refractivity (Wildman–Crippen MR) is 123 cm³/mol. The monoisotopic (exact) mass is 504 g/mol. The molecule has 6 nitrogen and oxygen atoms in total. The van der Waals surface area contributed by atoms with E-state index in [-0.39, 0.29) is 30.1 Å². The van der Waals surface area contributed by atoms with E-state index >= 15 is 0 Å². The molecule has 0 bridgehead atoms. The highest BCUT2D eigenvalue weighted by Gasteiger charge is 2.07. The van der Waals surface area contributed by atoms with Crippen molar-refractivity contribution in [2.45, 2.75) is 39.8 Å². The minimum atomic E-state index is -0.00110. The number of guanidine groups is 1. The number of nitrogens with one attached hydrogen (secondary N) is 2. The predicted octanol–water partition coefficient (Wildman–Crippen LogP) is 3.85. The highest BCUT2D eigenvalue weighted by molar-refractivity contribution is 14.0. The van der Waals surface area contributed by atoms with Gasteiger partial charge in [0, 0.05) is 17.6 Å². The topological polar surface area (TPSA) is 67.8 Å². The van der Waals surface area contributed by atoms with Crippen LogP contribution in [0.25, 0.3) is 0 Å². The number of halogens is 1. The fraction of sp³-hybridized carbons (Fsp3) is 0.474. The van der Waals surface area contributed by atoms with Gasteiger partial charge < -0.3 is 20.1 Å². The summed E-state index contributed by atoms with van der Waals surface area (Å²) < 4.78 is 11.1. The van der Waals surface area contributed by atoms with Gasteiger partial charge in [-0.25, -0.2) is 9.98 Å². The summed E-state index contributed by atoms with van der Waals surface area (Å²) in [5.41, 5.74) is 0. The number of methoxy groups -OCH3 is 1. The van der Waals surface area contributed by atoms with Gasteiger partial charge in [0.25, 0.3) is 0 Å². The second-order valence-electron chi connectivity index (χ2n) is 5.75. The van der Waals surface area contributed by atoms with Gasteiger partial charge in [0.1, 0.15) is 22.6 Å². The molecule has 0 aliphatic heterocycles. The van der Waals surface area contributed by atoms with E-state index in [0.29, 0.717) is 13.1 Å². The summed E-state index contributed by atoms with van der Waals surface area (Å²) in [5, 5.41) is 7.60. The largest absolute Gasteiger partial charge is 0.497 e. The van der Waals surface area contributed by atoms with Gasteiger partial charge in [-0.15, -0.1) is 35.3 Å². The van der Waals surface area contributed by atoms with Crippen molar-refractivity contribution < 1.29 is 9.47 Å². The number of hydrogen-bond acceptors (Lipinski definition) is 5. The van der Waals surface area contributed by atoms with Crippen LogP contribution in [-0.4, -0.2) is 37.2 Å². The average Bonchev–Trinajstić information content (AvgIpc) is 3.13. The van der Waals surface area contributed by atoms with Gasteiger partial charge in [-0.2, -0.15) is 0 Å². The molecule has 0 fully saturated rings. The molecular formula is C19H29IN4O2S. The van der Waals surface area contributed by atoms with Crippen LogP contribution in [0.4, 0.5) is 0 Å². The van der Waals surface area contributed by atoms with Crippen LogP contribution in [-0.2, 0) is 13.0 Å². The fourth-order valence-corrected chi connectivity index (χ4v) is 3.03. The Kier molecular flexibility index (Phi) is 11.1. The Balaban J connectivity index is 0.00000364. The number of aryl methyl sites for hydroxylation is 1. The molecule has 0 aliphatic carbocycles. The summed E-state index contributed by atoms with van der Waals surface area (Å²) in [6, 6.07) is 7.59. The molecule has 1 atom stereocenters. The molecule has 0 saturated carbocycles. The second-order valence-corrected chi connectivity index (χ2v) is 6.95. The Hall–Kier alpha value is -1.55. The summed E-state index contributed by atoms with van der Waals surface area (Å²) in [5.74, 6) is 2.40. The minimum absolute atomic E-state index is 0. The number of rotatable bonds is 9. The molecule has 150 valence electrons. The van der Waals surface area contributed by atoms with Crippen LogP contribution in [0.1, 0.15) is 30.7 Å². The molecule has 8 heteroatoms. The van der Waals surface area contributed by atoms with E-state index in [0.717, 1.165) is 35.4 Å². The third-order valence-corrected chi connectivity index (χ3v) is 4.75. The second kappa shape index (κ2) is 12.8. The summed E-state index contributed by atoms with van der Waals surface area (Å²) in [7, 11) is 1.65. The fourth-order valence-electron chi connectivity index (χ4n) is 2.24. The zero-order chi connectivity index (χ0) is 18.8. The van der Waals surface area contributed by atoms with Crippen LogP contribution >= 0.6 is 35.3 Å². The SMILES string of the molecule is CCNC(=NCc1ncc(CC)s1)NCC(C)Oc1ccc(OC)cc1.I. The first kappa shape index (κ1) is 23.5. The van der Waals surface area contributed by atoms with E-state index < -0.39 is 0 Å². The summed E-state index contributed by atoms with van der Waals surface area (Å²) in [6.07, 6.45) is 2.94. The maximum Gasteiger partial charge on any atom is 0.191 e. The lowest BCUT2D eigenvalue weighted by atomic mass is 10.3. The van der Waals surface area contributed by atoms with Gasteiger partial charge in [-0.05, 0) is 44.5 Å². The first-order valence-electron chi connectivity index (χ1n) is 8.91. The minimum Gasteiger partial charge on any atom is -0.497 e. The van der Waals surface area contributed by atoms with Crippen LogP contribution in [0.2, 0.25) is 0 Å². The van der Waals surface area contributed by atoms with Crippen molar-refractivity contribution in [1.29, 1.82) is 0 Å². The molecule has 27 heavy (non-hydrogen) atoms. The Morgan fingerprint density at radius 3 is 2.48 bits per heavy atom. The van der Waals surface area contributed by atoms with E-state index in [2.05, 4.69) is 27.5 Å². The highest BCUT2D eigenvalue weighted by atomic mass is 127. The molecule has 2 rings (SSSR count). The molecule has 0 saturated heterocycles. The molecule has 1 aromatic heterocycles. The highest BCUT2D eigenvalue weighted by Crippen LogP contribution is 2.18. The number of aliphatic imine (C=N–C) groups is 1. The summed E-state index contributed by atoms with van der Waals surface area (Å²) >= 11 is 1.71. The van der Waals surface area contributed by atoms with Gasteiger partial charge in [-0.3, -0.25) is 0 Å². The van der Waals surface area contributed by atoms with Gasteiger partial charge in [0.15, 0.2) is 5.96 Å². The van der Waals surface area contributed by atoms with Crippen molar-refractivity contribution in [3.63, 3.8) is 0 Å². The van der Waals surface area contributed by atoms with Crippen molar-refractivity contribution in [2.75, 3.05) is 20.2 Å². The van der Waals surface area contributed by atoms with Crippen LogP contribution in [0.3, 0.4) is 0 Å². The molecular weight excluding hydrogens is 475 g/mol. The lowest BCUT2D eigenvalue weighted by molar-refractivity contribution is 0.223. The van der Waals surface area contributed by atoms with Crippen molar-refractivity contribution in [1.82, 2.24) is 15.6 Å². The maximum atomic E-state index is 5.91. The van der Waals surface area contributed by atoms with E-state index in [4.69, 9.17) is 9.47 Å². The summed E-state index contributed by atoms with van der Waals surface area (Å²) in [6.45, 7) is 8.24. The number of thiazole rings is 1. The van der Waals surface area contributed by atoms with Gasteiger partial charge in [-0.1, -0.05) is 6.92 Å². The third-order valence-electron chi connectivity index (χ3n) is 3.62.